The Morgan fingerprint density at radius 2 is 1.66 bits per heavy atom. The van der Waals surface area contributed by atoms with Gasteiger partial charge < -0.3 is 0 Å². The van der Waals surface area contributed by atoms with Gasteiger partial charge in [-0.15, -0.1) is 10.2 Å². The number of rotatable bonds is 5. The zero-order chi connectivity index (χ0) is 20.4. The second kappa shape index (κ2) is 7.78. The molecule has 2 N–H and O–H groups in total. The summed E-state index contributed by atoms with van der Waals surface area (Å²) in [6.07, 6.45) is 0. The van der Waals surface area contributed by atoms with Crippen LogP contribution < -0.4 is 10.0 Å². The van der Waals surface area contributed by atoms with Crippen molar-refractivity contribution in [1.29, 1.82) is 0 Å². The number of anilines is 2. The maximum Gasteiger partial charge on any atom is 0.291 e. The number of nitrogens with one attached hydrogen (secondary N) is 2. The molecule has 0 bridgehead atoms. The van der Waals surface area contributed by atoms with E-state index in [4.69, 9.17) is 11.6 Å². The van der Waals surface area contributed by atoms with Gasteiger partial charge in [-0.2, -0.15) is 8.42 Å². The van der Waals surface area contributed by atoms with Gasteiger partial charge in [-0.05, 0) is 23.6 Å². The Hall–Kier alpha value is -3.01. The van der Waals surface area contributed by atoms with Crippen LogP contribution in [0.4, 0.5) is 10.8 Å². The average molecular weight is 445 g/mol. The largest absolute Gasteiger partial charge is 0.296 e. The van der Waals surface area contributed by atoms with E-state index in [1.807, 2.05) is 30.3 Å². The zero-order valence-corrected chi connectivity index (χ0v) is 17.1. The highest BCUT2D eigenvalue weighted by atomic mass is 35.5. The van der Waals surface area contributed by atoms with Gasteiger partial charge in [0, 0.05) is 5.39 Å². The number of benzene rings is 3. The number of amides is 1. The third kappa shape index (κ3) is 4.07. The maximum absolute atomic E-state index is 12.7. The lowest BCUT2D eigenvalue weighted by atomic mass is 10.1. The van der Waals surface area contributed by atoms with Crippen LogP contribution in [0, 0.1) is 0 Å². The number of carbonyl (C=O) groups is 1. The van der Waals surface area contributed by atoms with Crippen LogP contribution in [0.25, 0.3) is 10.8 Å². The minimum absolute atomic E-state index is 0.0493. The quantitative estimate of drug-likeness (QED) is 0.444. The molecule has 0 spiro atoms. The molecule has 4 rings (SSSR count). The first-order chi connectivity index (χ1) is 13.9. The number of aromatic nitrogens is 2. The topological polar surface area (TPSA) is 101 Å². The van der Waals surface area contributed by atoms with Gasteiger partial charge >= 0.3 is 0 Å². The van der Waals surface area contributed by atoms with Crippen LogP contribution in [0.3, 0.4) is 0 Å². The second-order valence-corrected chi connectivity index (χ2v) is 9.18. The molecule has 29 heavy (non-hydrogen) atoms. The SMILES string of the molecule is O=C(Nc1nnc(S(=O)(=O)Nc2cccc3ccccc23)s1)c1ccccc1Cl. The van der Waals surface area contributed by atoms with E-state index in [1.54, 1.807) is 36.4 Å². The molecule has 7 nitrogen and oxygen atoms in total. The lowest BCUT2D eigenvalue weighted by Crippen LogP contribution is -2.13. The number of fused-ring (bicyclic) bond motifs is 1. The molecule has 0 unspecified atom stereocenters. The van der Waals surface area contributed by atoms with Gasteiger partial charge in [-0.1, -0.05) is 71.5 Å². The highest BCUT2D eigenvalue weighted by Crippen LogP contribution is 2.28. The molecular formula is C19H13ClN4O3S2. The normalized spacial score (nSPS) is 11.3. The third-order valence-corrected chi connectivity index (χ3v) is 6.91. The van der Waals surface area contributed by atoms with Gasteiger partial charge in [0.1, 0.15) is 0 Å². The van der Waals surface area contributed by atoms with Crippen molar-refractivity contribution in [2.45, 2.75) is 4.34 Å². The van der Waals surface area contributed by atoms with Crippen LogP contribution in [-0.4, -0.2) is 24.5 Å². The minimum Gasteiger partial charge on any atom is -0.296 e. The van der Waals surface area contributed by atoms with Gasteiger partial charge in [-0.25, -0.2) is 0 Å². The Morgan fingerprint density at radius 3 is 2.48 bits per heavy atom. The monoisotopic (exact) mass is 444 g/mol. The summed E-state index contributed by atoms with van der Waals surface area (Å²) in [4.78, 5) is 12.3. The fourth-order valence-electron chi connectivity index (χ4n) is 2.68. The van der Waals surface area contributed by atoms with Crippen molar-refractivity contribution in [2.24, 2.45) is 0 Å². The zero-order valence-electron chi connectivity index (χ0n) is 14.7. The Bertz CT molecular complexity index is 1320. The predicted octanol–water partition coefficient (Wildman–Crippen LogP) is 4.40. The van der Waals surface area contributed by atoms with E-state index in [-0.39, 0.29) is 20.1 Å². The summed E-state index contributed by atoms with van der Waals surface area (Å²) >= 11 is 6.75. The van der Waals surface area contributed by atoms with Crippen molar-refractivity contribution in [1.82, 2.24) is 10.2 Å². The van der Waals surface area contributed by atoms with Gasteiger partial charge in [0.25, 0.3) is 20.3 Å². The molecule has 0 saturated heterocycles. The highest BCUT2D eigenvalue weighted by molar-refractivity contribution is 7.94. The van der Waals surface area contributed by atoms with Crippen molar-refractivity contribution >= 4 is 60.5 Å². The van der Waals surface area contributed by atoms with Crippen molar-refractivity contribution in [3.05, 3.63) is 77.3 Å². The number of hydrogen-bond acceptors (Lipinski definition) is 6. The third-order valence-electron chi connectivity index (χ3n) is 4.01. The Labute approximate surface area is 175 Å². The number of hydrogen-bond donors (Lipinski definition) is 2. The molecule has 1 heterocycles. The van der Waals surface area contributed by atoms with E-state index in [0.29, 0.717) is 5.69 Å². The molecular weight excluding hydrogens is 432 g/mol. The van der Waals surface area contributed by atoms with E-state index in [2.05, 4.69) is 20.2 Å². The van der Waals surface area contributed by atoms with Gasteiger partial charge in [0.2, 0.25) is 5.13 Å². The van der Waals surface area contributed by atoms with Crippen LogP contribution >= 0.6 is 22.9 Å². The molecule has 1 amide bonds. The van der Waals surface area contributed by atoms with Crippen LogP contribution in [0.15, 0.2) is 71.1 Å². The fraction of sp³-hybridized carbons (Fsp3) is 0. The van der Waals surface area contributed by atoms with E-state index in [0.717, 1.165) is 22.1 Å². The first-order valence-corrected chi connectivity index (χ1v) is 11.0. The first kappa shape index (κ1) is 19.3. The van der Waals surface area contributed by atoms with Crippen molar-refractivity contribution in [2.75, 3.05) is 10.0 Å². The molecule has 3 aromatic carbocycles. The molecule has 1 aromatic heterocycles. The van der Waals surface area contributed by atoms with Crippen molar-refractivity contribution in [3.63, 3.8) is 0 Å². The summed E-state index contributed by atoms with van der Waals surface area (Å²) in [5.74, 6) is -0.502. The van der Waals surface area contributed by atoms with Crippen molar-refractivity contribution < 1.29 is 13.2 Å². The summed E-state index contributed by atoms with van der Waals surface area (Å²) in [5, 5.41) is 12.0. The summed E-state index contributed by atoms with van der Waals surface area (Å²) in [5.41, 5.74) is 0.683. The molecule has 0 aliphatic heterocycles. The average Bonchev–Trinajstić information content (AvgIpc) is 3.18. The lowest BCUT2D eigenvalue weighted by Gasteiger charge is -2.08. The molecule has 0 aliphatic rings. The van der Waals surface area contributed by atoms with E-state index < -0.39 is 15.9 Å². The van der Waals surface area contributed by atoms with E-state index in [9.17, 15) is 13.2 Å². The summed E-state index contributed by atoms with van der Waals surface area (Å²) in [6.45, 7) is 0. The van der Waals surface area contributed by atoms with Crippen LogP contribution in [0.2, 0.25) is 5.02 Å². The predicted molar refractivity (Wildman–Crippen MR) is 114 cm³/mol. The molecule has 0 atom stereocenters. The van der Waals surface area contributed by atoms with E-state index in [1.165, 1.54) is 0 Å². The van der Waals surface area contributed by atoms with Gasteiger partial charge in [0.15, 0.2) is 0 Å². The Balaban J connectivity index is 1.57. The molecule has 146 valence electrons. The number of sulfonamides is 1. The smallest absolute Gasteiger partial charge is 0.291 e. The van der Waals surface area contributed by atoms with Gasteiger partial charge in [0.05, 0.1) is 16.3 Å². The molecule has 0 aliphatic carbocycles. The molecule has 4 aromatic rings. The molecule has 0 radical (unpaired) electrons. The number of halogens is 1. The molecule has 10 heteroatoms. The maximum atomic E-state index is 12.7. The summed E-state index contributed by atoms with van der Waals surface area (Å²) in [6, 6.07) is 19.2. The van der Waals surface area contributed by atoms with Crippen LogP contribution in [0.1, 0.15) is 10.4 Å². The lowest BCUT2D eigenvalue weighted by molar-refractivity contribution is 0.102. The Morgan fingerprint density at radius 1 is 0.931 bits per heavy atom. The fourth-order valence-corrected chi connectivity index (χ4v) is 4.88. The standard InChI is InChI=1S/C19H13ClN4O3S2/c20-15-10-4-3-9-14(15)17(25)21-18-22-23-19(28-18)29(26,27)24-16-11-5-7-12-6-1-2-8-13(12)16/h1-11,24H,(H,21,22,25). The van der Waals surface area contributed by atoms with E-state index >= 15 is 0 Å². The van der Waals surface area contributed by atoms with Crippen LogP contribution in [0.5, 0.6) is 0 Å². The minimum atomic E-state index is -3.98. The second-order valence-electron chi connectivity index (χ2n) is 5.94. The van der Waals surface area contributed by atoms with Gasteiger partial charge in [-0.3, -0.25) is 14.8 Å². The number of carbonyl (C=O) groups excluding carboxylic acids is 1. The highest BCUT2D eigenvalue weighted by Gasteiger charge is 2.22. The summed E-state index contributed by atoms with van der Waals surface area (Å²) < 4.78 is 27.7. The molecule has 0 fully saturated rings. The first-order valence-electron chi connectivity index (χ1n) is 8.34. The molecule has 0 saturated carbocycles. The van der Waals surface area contributed by atoms with Crippen LogP contribution in [-0.2, 0) is 10.0 Å². The Kier molecular flexibility index (Phi) is 5.18. The number of nitrogens with zero attached hydrogens (tertiary/aromatic N) is 2. The summed E-state index contributed by atoms with van der Waals surface area (Å²) in [7, 11) is -3.98. The van der Waals surface area contributed by atoms with Crippen molar-refractivity contribution in [3.8, 4) is 0 Å².